The third kappa shape index (κ3) is 1.13. The van der Waals surface area contributed by atoms with Crippen LogP contribution in [0.4, 0.5) is 8.78 Å². The average molecular weight is 296 g/mol. The molecule has 0 spiro atoms. The molecule has 0 aliphatic carbocycles. The molecule has 1 aromatic heterocycles. The number of rotatable bonds is 0. The lowest BCUT2D eigenvalue weighted by Gasteiger charge is -1.89. The predicted octanol–water partition coefficient (Wildman–Crippen LogP) is 3.78. The predicted molar refractivity (Wildman–Crippen MR) is 54.5 cm³/mol. The van der Waals surface area contributed by atoms with E-state index in [1.165, 1.54) is 17.4 Å². The molecular formula is C8H3F2IS. The standard InChI is InChI=1S/C8H3F2IS/c9-4-2-1-3-5-6(4)7(10)8(11)12-5/h1-3H. The molecule has 2 aromatic rings. The second kappa shape index (κ2) is 2.92. The first-order valence-corrected chi connectivity index (χ1v) is 5.11. The third-order valence-corrected chi connectivity index (χ3v) is 3.62. The van der Waals surface area contributed by atoms with Crippen LogP contribution in [0.1, 0.15) is 0 Å². The summed E-state index contributed by atoms with van der Waals surface area (Å²) in [6.45, 7) is 0. The zero-order valence-corrected chi connectivity index (χ0v) is 8.75. The lowest BCUT2D eigenvalue weighted by atomic mass is 10.2. The van der Waals surface area contributed by atoms with Crippen molar-refractivity contribution in [1.82, 2.24) is 0 Å². The van der Waals surface area contributed by atoms with Gasteiger partial charge in [-0.15, -0.1) is 11.3 Å². The van der Waals surface area contributed by atoms with Crippen LogP contribution in [-0.2, 0) is 0 Å². The smallest absolute Gasteiger partial charge is 0.158 e. The maximum absolute atomic E-state index is 13.2. The van der Waals surface area contributed by atoms with Crippen LogP contribution in [-0.4, -0.2) is 0 Å². The highest BCUT2D eigenvalue weighted by Gasteiger charge is 2.12. The summed E-state index contributed by atoms with van der Waals surface area (Å²) < 4.78 is 27.4. The van der Waals surface area contributed by atoms with Gasteiger partial charge in [-0.3, -0.25) is 0 Å². The number of thiophene rings is 1. The summed E-state index contributed by atoms with van der Waals surface area (Å²) in [7, 11) is 0. The Bertz CT molecular complexity index is 436. The van der Waals surface area contributed by atoms with Crippen LogP contribution < -0.4 is 0 Å². The van der Waals surface area contributed by atoms with Crippen molar-refractivity contribution in [2.24, 2.45) is 0 Å². The average Bonchev–Trinajstić information content (AvgIpc) is 2.29. The SMILES string of the molecule is Fc1cccc2sc(I)c(F)c12. The lowest BCUT2D eigenvalue weighted by molar-refractivity contribution is 0.608. The molecule has 0 amide bonds. The van der Waals surface area contributed by atoms with Gasteiger partial charge in [-0.05, 0) is 34.7 Å². The molecule has 0 nitrogen and oxygen atoms in total. The summed E-state index contributed by atoms with van der Waals surface area (Å²) in [5.41, 5.74) is 0. The first-order chi connectivity index (χ1) is 5.70. The minimum atomic E-state index is -0.482. The summed E-state index contributed by atoms with van der Waals surface area (Å²) in [5.74, 6) is -0.919. The van der Waals surface area contributed by atoms with Gasteiger partial charge in [-0.1, -0.05) is 6.07 Å². The Hall–Kier alpha value is -0.230. The Morgan fingerprint density at radius 3 is 2.67 bits per heavy atom. The summed E-state index contributed by atoms with van der Waals surface area (Å²) in [5, 5.41) is 0.118. The van der Waals surface area contributed by atoms with Gasteiger partial charge in [0.05, 0.1) is 5.39 Å². The highest BCUT2D eigenvalue weighted by atomic mass is 127. The van der Waals surface area contributed by atoms with Gasteiger partial charge >= 0.3 is 0 Å². The summed E-state index contributed by atoms with van der Waals surface area (Å²) >= 11 is 3.14. The van der Waals surface area contributed by atoms with Crippen LogP contribution in [0.3, 0.4) is 0 Å². The molecule has 62 valence electrons. The van der Waals surface area contributed by atoms with Crippen LogP contribution in [0.15, 0.2) is 18.2 Å². The van der Waals surface area contributed by atoms with Gasteiger partial charge in [0.2, 0.25) is 0 Å². The van der Waals surface area contributed by atoms with Crippen molar-refractivity contribution in [3.63, 3.8) is 0 Å². The van der Waals surface area contributed by atoms with E-state index in [-0.39, 0.29) is 5.39 Å². The highest BCUT2D eigenvalue weighted by Crippen LogP contribution is 2.32. The van der Waals surface area contributed by atoms with E-state index >= 15 is 0 Å². The highest BCUT2D eigenvalue weighted by molar-refractivity contribution is 14.1. The van der Waals surface area contributed by atoms with Gasteiger partial charge in [0.25, 0.3) is 0 Å². The molecule has 1 aromatic carbocycles. The number of hydrogen-bond donors (Lipinski definition) is 0. The molecule has 0 radical (unpaired) electrons. The molecule has 0 fully saturated rings. The Labute approximate surface area is 85.3 Å². The molecule has 0 N–H and O–H groups in total. The maximum Gasteiger partial charge on any atom is 0.158 e. The molecule has 0 unspecified atom stereocenters. The van der Waals surface area contributed by atoms with Crippen LogP contribution in [0.25, 0.3) is 10.1 Å². The largest absolute Gasteiger partial charge is 0.206 e. The maximum atomic E-state index is 13.2. The topological polar surface area (TPSA) is 0 Å². The molecule has 1 heterocycles. The quantitative estimate of drug-likeness (QED) is 0.649. The van der Waals surface area contributed by atoms with Crippen LogP contribution >= 0.6 is 33.9 Å². The molecule has 0 bridgehead atoms. The molecule has 12 heavy (non-hydrogen) atoms. The molecular weight excluding hydrogens is 293 g/mol. The van der Waals surface area contributed by atoms with Crippen LogP contribution in [0, 0.1) is 14.5 Å². The Morgan fingerprint density at radius 2 is 2.00 bits per heavy atom. The van der Waals surface area contributed by atoms with E-state index < -0.39 is 11.6 Å². The molecule has 0 saturated carbocycles. The van der Waals surface area contributed by atoms with Gasteiger partial charge in [-0.25, -0.2) is 8.78 Å². The number of hydrogen-bond acceptors (Lipinski definition) is 1. The van der Waals surface area contributed by atoms with Gasteiger partial charge in [0.1, 0.15) is 8.70 Å². The normalized spacial score (nSPS) is 10.9. The van der Waals surface area contributed by atoms with Crippen molar-refractivity contribution in [2.75, 3.05) is 0 Å². The Balaban J connectivity index is 2.97. The fraction of sp³-hybridized carbons (Fsp3) is 0. The first-order valence-electron chi connectivity index (χ1n) is 3.22. The van der Waals surface area contributed by atoms with E-state index in [0.29, 0.717) is 7.58 Å². The fourth-order valence-corrected chi connectivity index (χ4v) is 2.84. The summed E-state index contributed by atoms with van der Waals surface area (Å²) in [4.78, 5) is 0. The molecule has 0 saturated heterocycles. The Morgan fingerprint density at radius 1 is 1.25 bits per heavy atom. The van der Waals surface area contributed by atoms with Crippen LogP contribution in [0.2, 0.25) is 0 Å². The van der Waals surface area contributed by atoms with E-state index in [9.17, 15) is 8.78 Å². The van der Waals surface area contributed by atoms with Gasteiger partial charge in [-0.2, -0.15) is 0 Å². The van der Waals surface area contributed by atoms with Crippen molar-refractivity contribution in [3.8, 4) is 0 Å². The van der Waals surface area contributed by atoms with E-state index in [0.717, 1.165) is 0 Å². The zero-order valence-electron chi connectivity index (χ0n) is 5.77. The van der Waals surface area contributed by atoms with Gasteiger partial charge < -0.3 is 0 Å². The van der Waals surface area contributed by atoms with Crippen LogP contribution in [0.5, 0.6) is 0 Å². The molecule has 0 aliphatic rings. The molecule has 2 rings (SSSR count). The second-order valence-corrected chi connectivity index (χ2v) is 5.17. The van der Waals surface area contributed by atoms with Crippen molar-refractivity contribution in [2.45, 2.75) is 0 Å². The Kier molecular flexibility index (Phi) is 2.04. The monoisotopic (exact) mass is 296 g/mol. The lowest BCUT2D eigenvalue weighted by Crippen LogP contribution is -1.77. The third-order valence-electron chi connectivity index (χ3n) is 1.57. The molecule has 4 heteroatoms. The van der Waals surface area contributed by atoms with Crippen molar-refractivity contribution in [3.05, 3.63) is 32.7 Å². The number of benzene rings is 1. The van der Waals surface area contributed by atoms with E-state index in [1.54, 1.807) is 12.1 Å². The van der Waals surface area contributed by atoms with Gasteiger partial charge in [0, 0.05) is 4.70 Å². The summed E-state index contributed by atoms with van der Waals surface area (Å²) in [6.07, 6.45) is 0. The first kappa shape index (κ1) is 8.37. The van der Waals surface area contributed by atoms with Crippen molar-refractivity contribution < 1.29 is 8.78 Å². The summed E-state index contributed by atoms with van der Waals surface area (Å²) in [6, 6.07) is 4.58. The van der Waals surface area contributed by atoms with Crippen molar-refractivity contribution >= 4 is 44.0 Å². The van der Waals surface area contributed by atoms with E-state index in [4.69, 9.17) is 0 Å². The number of halogens is 3. The fourth-order valence-electron chi connectivity index (χ4n) is 1.04. The van der Waals surface area contributed by atoms with E-state index in [2.05, 4.69) is 0 Å². The minimum Gasteiger partial charge on any atom is -0.206 e. The van der Waals surface area contributed by atoms with Crippen molar-refractivity contribution in [1.29, 1.82) is 0 Å². The minimum absolute atomic E-state index is 0.118. The van der Waals surface area contributed by atoms with Gasteiger partial charge in [0.15, 0.2) is 5.82 Å². The second-order valence-electron chi connectivity index (χ2n) is 2.30. The zero-order chi connectivity index (χ0) is 8.72. The molecule has 0 atom stereocenters. The number of fused-ring (bicyclic) bond motifs is 1. The van der Waals surface area contributed by atoms with E-state index in [1.807, 2.05) is 22.6 Å². The molecule has 0 aliphatic heterocycles.